The maximum atomic E-state index is 13.1. The summed E-state index contributed by atoms with van der Waals surface area (Å²) in [4.78, 5) is 22.4. The first-order chi connectivity index (χ1) is 16.3. The third-order valence-electron chi connectivity index (χ3n) is 6.30. The third-order valence-corrected chi connectivity index (χ3v) is 6.30. The molecule has 0 bridgehead atoms. The van der Waals surface area contributed by atoms with Crippen molar-refractivity contribution < 1.29 is 9.53 Å². The molecule has 1 atom stereocenters. The van der Waals surface area contributed by atoms with E-state index >= 15 is 0 Å². The highest BCUT2D eigenvalue weighted by Gasteiger charge is 2.22. The summed E-state index contributed by atoms with van der Waals surface area (Å²) in [6.07, 6.45) is 6.45. The molecule has 3 aromatic heterocycles. The van der Waals surface area contributed by atoms with E-state index in [-0.39, 0.29) is 18.0 Å². The van der Waals surface area contributed by atoms with Crippen molar-refractivity contribution in [3.8, 4) is 5.75 Å². The Bertz CT molecular complexity index is 1300. The molecule has 0 aliphatic carbocycles. The van der Waals surface area contributed by atoms with Gasteiger partial charge in [-0.05, 0) is 62.9 Å². The summed E-state index contributed by atoms with van der Waals surface area (Å²) in [6.45, 7) is 8.28. The summed E-state index contributed by atoms with van der Waals surface area (Å²) in [5.41, 5.74) is 5.02. The normalized spacial score (nSPS) is 12.3. The predicted molar refractivity (Wildman–Crippen MR) is 132 cm³/mol. The van der Waals surface area contributed by atoms with Crippen LogP contribution < -0.4 is 10.1 Å². The Labute approximate surface area is 200 Å². The number of carbonyl (C=O) groups is 1. The zero-order valence-electron chi connectivity index (χ0n) is 20.7. The molecule has 0 fully saturated rings. The van der Waals surface area contributed by atoms with Crippen molar-refractivity contribution in [1.29, 1.82) is 0 Å². The van der Waals surface area contributed by atoms with Gasteiger partial charge in [0.2, 0.25) is 5.91 Å². The van der Waals surface area contributed by atoms with Crippen LogP contribution in [0.4, 0.5) is 0 Å². The van der Waals surface area contributed by atoms with E-state index < -0.39 is 0 Å². The number of rotatable bonds is 8. The second-order valence-corrected chi connectivity index (χ2v) is 8.89. The van der Waals surface area contributed by atoms with Gasteiger partial charge >= 0.3 is 0 Å². The fourth-order valence-electron chi connectivity index (χ4n) is 4.36. The Morgan fingerprint density at radius 1 is 1.18 bits per heavy atom. The molecule has 0 saturated carbocycles. The third kappa shape index (κ3) is 4.53. The van der Waals surface area contributed by atoms with Crippen molar-refractivity contribution in [2.24, 2.45) is 7.05 Å². The minimum Gasteiger partial charge on any atom is -0.497 e. The second-order valence-electron chi connectivity index (χ2n) is 8.89. The van der Waals surface area contributed by atoms with Gasteiger partial charge in [0.05, 0.1) is 13.3 Å². The monoisotopic (exact) mass is 460 g/mol. The van der Waals surface area contributed by atoms with Crippen LogP contribution in [0.25, 0.3) is 11.0 Å². The summed E-state index contributed by atoms with van der Waals surface area (Å²) in [7, 11) is 3.56. The van der Waals surface area contributed by atoms with Crippen LogP contribution >= 0.6 is 0 Å². The number of fused-ring (bicyclic) bond motifs is 1. The van der Waals surface area contributed by atoms with Crippen molar-refractivity contribution in [2.45, 2.75) is 52.6 Å². The number of amides is 1. The molecule has 178 valence electrons. The first kappa shape index (κ1) is 23.5. The van der Waals surface area contributed by atoms with Gasteiger partial charge in [-0.2, -0.15) is 5.10 Å². The van der Waals surface area contributed by atoms with Crippen LogP contribution in [0, 0.1) is 13.8 Å². The standard InChI is InChI=1S/C26H32N6O2/c1-16(2)32-25-22(15-28-32)17(3)21(18(4)29-25)11-12-23(33)30-24(26-27-13-14-31(26)5)19-7-9-20(34-6)10-8-19/h7-10,13-16,24H,11-12H2,1-6H3,(H,30,33)/t24-/m1/s1. The number of aromatic nitrogens is 5. The van der Waals surface area contributed by atoms with Crippen LogP contribution in [0.3, 0.4) is 0 Å². The number of nitrogens with one attached hydrogen (secondary N) is 1. The zero-order valence-corrected chi connectivity index (χ0v) is 20.7. The highest BCUT2D eigenvalue weighted by atomic mass is 16.5. The molecule has 0 saturated heterocycles. The number of ether oxygens (including phenoxy) is 1. The summed E-state index contributed by atoms with van der Waals surface area (Å²) in [5.74, 6) is 1.50. The SMILES string of the molecule is COc1ccc([C@@H](NC(=O)CCc2c(C)nc3c(cnn3C(C)C)c2C)c2nccn2C)cc1. The molecule has 0 spiro atoms. The average Bonchev–Trinajstić information content (AvgIpc) is 3.43. The number of aryl methyl sites for hydroxylation is 3. The highest BCUT2D eigenvalue weighted by molar-refractivity contribution is 5.81. The lowest BCUT2D eigenvalue weighted by molar-refractivity contribution is -0.121. The van der Waals surface area contributed by atoms with E-state index in [2.05, 4.69) is 36.2 Å². The molecule has 3 heterocycles. The van der Waals surface area contributed by atoms with E-state index in [1.165, 1.54) is 0 Å². The number of pyridine rings is 1. The van der Waals surface area contributed by atoms with E-state index in [0.29, 0.717) is 12.8 Å². The number of nitrogens with zero attached hydrogens (tertiary/aromatic N) is 5. The lowest BCUT2D eigenvalue weighted by Gasteiger charge is -2.20. The van der Waals surface area contributed by atoms with Crippen molar-refractivity contribution >= 4 is 16.9 Å². The van der Waals surface area contributed by atoms with Crippen molar-refractivity contribution in [3.05, 3.63) is 71.1 Å². The van der Waals surface area contributed by atoms with E-state index in [1.54, 1.807) is 13.3 Å². The van der Waals surface area contributed by atoms with Gasteiger partial charge in [-0.15, -0.1) is 0 Å². The summed E-state index contributed by atoms with van der Waals surface area (Å²) in [5, 5.41) is 8.73. The van der Waals surface area contributed by atoms with Crippen molar-refractivity contribution in [1.82, 2.24) is 29.6 Å². The number of hydrogen-bond acceptors (Lipinski definition) is 5. The molecule has 8 nitrogen and oxygen atoms in total. The lowest BCUT2D eigenvalue weighted by Crippen LogP contribution is -2.31. The molecular weight excluding hydrogens is 428 g/mol. The molecule has 0 unspecified atom stereocenters. The number of carbonyl (C=O) groups excluding carboxylic acids is 1. The first-order valence-electron chi connectivity index (χ1n) is 11.5. The van der Waals surface area contributed by atoms with Gasteiger partial charge in [-0.1, -0.05) is 12.1 Å². The zero-order chi connectivity index (χ0) is 24.4. The molecule has 8 heteroatoms. The summed E-state index contributed by atoms with van der Waals surface area (Å²) >= 11 is 0. The van der Waals surface area contributed by atoms with Crippen molar-refractivity contribution in [2.75, 3.05) is 7.11 Å². The Balaban J connectivity index is 1.54. The topological polar surface area (TPSA) is 86.9 Å². The van der Waals surface area contributed by atoms with Crippen LogP contribution in [0.15, 0.2) is 42.9 Å². The molecule has 0 radical (unpaired) electrons. The van der Waals surface area contributed by atoms with Crippen molar-refractivity contribution in [3.63, 3.8) is 0 Å². The van der Waals surface area contributed by atoms with Gasteiger partial charge in [-0.3, -0.25) is 4.79 Å². The van der Waals surface area contributed by atoms with Gasteiger partial charge < -0.3 is 14.6 Å². The molecule has 34 heavy (non-hydrogen) atoms. The minimum atomic E-state index is -0.356. The molecule has 4 aromatic rings. The van der Waals surface area contributed by atoms with Crippen LogP contribution in [0.5, 0.6) is 5.75 Å². The van der Waals surface area contributed by atoms with Gasteiger partial charge in [0, 0.05) is 43.0 Å². The quantitative estimate of drug-likeness (QED) is 0.426. The van der Waals surface area contributed by atoms with Gasteiger partial charge in [-0.25, -0.2) is 14.6 Å². The highest BCUT2D eigenvalue weighted by Crippen LogP contribution is 2.26. The Morgan fingerprint density at radius 3 is 2.53 bits per heavy atom. The Morgan fingerprint density at radius 2 is 1.91 bits per heavy atom. The van der Waals surface area contributed by atoms with Gasteiger partial charge in [0.15, 0.2) is 5.65 Å². The van der Waals surface area contributed by atoms with E-state index in [0.717, 1.165) is 45.0 Å². The maximum absolute atomic E-state index is 13.1. The lowest BCUT2D eigenvalue weighted by atomic mass is 10.00. The number of benzene rings is 1. The second kappa shape index (κ2) is 9.67. The summed E-state index contributed by atoms with van der Waals surface area (Å²) < 4.78 is 9.15. The van der Waals surface area contributed by atoms with Crippen LogP contribution in [0.1, 0.15) is 60.6 Å². The molecular formula is C26H32N6O2. The molecule has 1 amide bonds. The van der Waals surface area contributed by atoms with E-state index in [4.69, 9.17) is 9.72 Å². The Kier molecular flexibility index (Phi) is 6.68. The van der Waals surface area contributed by atoms with E-state index in [1.807, 2.05) is 59.9 Å². The largest absolute Gasteiger partial charge is 0.497 e. The molecule has 1 aromatic carbocycles. The summed E-state index contributed by atoms with van der Waals surface area (Å²) in [6, 6.07) is 7.57. The van der Waals surface area contributed by atoms with Gasteiger partial charge in [0.1, 0.15) is 17.6 Å². The average molecular weight is 461 g/mol. The first-order valence-corrected chi connectivity index (χ1v) is 11.5. The molecule has 4 rings (SSSR count). The molecule has 1 N–H and O–H groups in total. The predicted octanol–water partition coefficient (Wildman–Crippen LogP) is 4.21. The molecule has 0 aliphatic rings. The van der Waals surface area contributed by atoms with E-state index in [9.17, 15) is 4.79 Å². The smallest absolute Gasteiger partial charge is 0.221 e. The van der Waals surface area contributed by atoms with Gasteiger partial charge in [0.25, 0.3) is 0 Å². The fourth-order valence-corrected chi connectivity index (χ4v) is 4.36. The van der Waals surface area contributed by atoms with Crippen LogP contribution in [-0.4, -0.2) is 37.3 Å². The van der Waals surface area contributed by atoms with Crippen LogP contribution in [-0.2, 0) is 18.3 Å². The number of methoxy groups -OCH3 is 1. The van der Waals surface area contributed by atoms with Crippen LogP contribution in [0.2, 0.25) is 0 Å². The number of imidazole rings is 1. The molecule has 0 aliphatic heterocycles. The fraction of sp³-hybridized carbons (Fsp3) is 0.385. The number of hydrogen-bond donors (Lipinski definition) is 1. The maximum Gasteiger partial charge on any atom is 0.221 e. The Hall–Kier alpha value is -3.68. The minimum absolute atomic E-state index is 0.0411.